The Morgan fingerprint density at radius 1 is 1.16 bits per heavy atom. The van der Waals surface area contributed by atoms with Crippen LogP contribution in [0.3, 0.4) is 0 Å². The molecule has 0 aliphatic carbocycles. The van der Waals surface area contributed by atoms with Gasteiger partial charge in [-0.2, -0.15) is 15.4 Å². The molecule has 7 nitrogen and oxygen atoms in total. The minimum atomic E-state index is 0. The number of carbonyl (C=O) groups is 1. The predicted molar refractivity (Wildman–Crippen MR) is 117 cm³/mol. The van der Waals surface area contributed by atoms with Gasteiger partial charge in [-0.3, -0.25) is 4.79 Å². The third-order valence-corrected chi connectivity index (χ3v) is 6.23. The van der Waals surface area contributed by atoms with E-state index in [0.717, 1.165) is 61.2 Å². The number of nitrogens with zero attached hydrogens (tertiary/aromatic N) is 4. The SMILES string of the molecule is Cc1ccc(CO)c(Cl)c1.O=C(c1ccc2n[nH]nc2c1)N1CC2(CC[N-]CC2)C1.[Y]. The number of piperidine rings is 1. The van der Waals surface area contributed by atoms with Gasteiger partial charge in [0.1, 0.15) is 11.0 Å². The van der Waals surface area contributed by atoms with E-state index in [1.54, 1.807) is 0 Å². The van der Waals surface area contributed by atoms with Crippen LogP contribution in [0.2, 0.25) is 5.02 Å². The normalized spacial score (nSPS) is 16.8. The maximum atomic E-state index is 12.5. The fourth-order valence-corrected chi connectivity index (χ4v) is 4.32. The van der Waals surface area contributed by atoms with E-state index in [0.29, 0.717) is 16.0 Å². The van der Waals surface area contributed by atoms with Crippen LogP contribution in [0, 0.1) is 12.3 Å². The van der Waals surface area contributed by atoms with Crippen LogP contribution in [0.15, 0.2) is 36.4 Å². The summed E-state index contributed by atoms with van der Waals surface area (Å²) in [6.45, 7) is 5.63. The molecule has 2 aliphatic heterocycles. The van der Waals surface area contributed by atoms with E-state index < -0.39 is 0 Å². The molecule has 2 fully saturated rings. The molecule has 0 unspecified atom stereocenters. The van der Waals surface area contributed by atoms with E-state index in [4.69, 9.17) is 16.7 Å². The van der Waals surface area contributed by atoms with Crippen LogP contribution >= 0.6 is 11.6 Å². The van der Waals surface area contributed by atoms with Gasteiger partial charge in [-0.1, -0.05) is 36.6 Å². The summed E-state index contributed by atoms with van der Waals surface area (Å²) in [6.07, 6.45) is 2.25. The average Bonchev–Trinajstić information content (AvgIpc) is 3.20. The molecular weight excluding hydrogens is 491 g/mol. The van der Waals surface area contributed by atoms with Gasteiger partial charge in [-0.15, -0.1) is 13.1 Å². The number of aromatic amines is 1. The molecule has 1 radical (unpaired) electrons. The molecule has 161 valence electrons. The molecule has 2 aromatic carbocycles. The maximum Gasteiger partial charge on any atom is 0.253 e. The molecule has 0 atom stereocenters. The Labute approximate surface area is 211 Å². The maximum absolute atomic E-state index is 12.5. The van der Waals surface area contributed by atoms with E-state index in [-0.39, 0.29) is 45.2 Å². The van der Waals surface area contributed by atoms with Gasteiger partial charge in [0.15, 0.2) is 0 Å². The second kappa shape index (κ2) is 10.5. The number of H-pyrrole nitrogens is 1. The average molecular weight is 516 g/mol. The first kappa shape index (κ1) is 24.3. The quantitative estimate of drug-likeness (QED) is 0.544. The first-order chi connectivity index (χ1) is 14.5. The minimum absolute atomic E-state index is 0. The number of benzene rings is 2. The van der Waals surface area contributed by atoms with Gasteiger partial charge in [-0.25, -0.2) is 0 Å². The molecule has 9 heteroatoms. The summed E-state index contributed by atoms with van der Waals surface area (Å²) in [5.74, 6) is 0.100. The zero-order chi connectivity index (χ0) is 21.1. The molecule has 1 spiro atoms. The third-order valence-electron chi connectivity index (χ3n) is 5.88. The molecule has 5 rings (SSSR count). The number of amides is 1. The third kappa shape index (κ3) is 5.52. The van der Waals surface area contributed by atoms with Crippen molar-refractivity contribution in [3.05, 3.63) is 63.4 Å². The van der Waals surface area contributed by atoms with Crippen LogP contribution < -0.4 is 0 Å². The number of aliphatic hydroxyl groups is 1. The largest absolute Gasteiger partial charge is 0.662 e. The molecule has 31 heavy (non-hydrogen) atoms. The van der Waals surface area contributed by atoms with Crippen molar-refractivity contribution in [3.8, 4) is 0 Å². The Morgan fingerprint density at radius 2 is 1.87 bits per heavy atom. The molecule has 2 saturated heterocycles. The van der Waals surface area contributed by atoms with Crippen LogP contribution in [0.25, 0.3) is 16.4 Å². The van der Waals surface area contributed by atoms with Crippen molar-refractivity contribution in [3.63, 3.8) is 0 Å². The van der Waals surface area contributed by atoms with E-state index in [2.05, 4.69) is 20.7 Å². The number of hydrogen-bond donors (Lipinski definition) is 2. The van der Waals surface area contributed by atoms with Crippen molar-refractivity contribution >= 4 is 28.5 Å². The number of aromatic nitrogens is 3. The molecule has 2 N–H and O–H groups in total. The van der Waals surface area contributed by atoms with E-state index in [1.165, 1.54) is 0 Å². The zero-order valence-electron chi connectivity index (χ0n) is 17.5. The van der Waals surface area contributed by atoms with Crippen LogP contribution in [0.1, 0.15) is 34.3 Å². The van der Waals surface area contributed by atoms with Crippen molar-refractivity contribution in [1.82, 2.24) is 20.3 Å². The molecule has 1 aromatic heterocycles. The summed E-state index contributed by atoms with van der Waals surface area (Å²) in [5, 5.41) is 24.4. The second-order valence-corrected chi connectivity index (χ2v) is 8.52. The molecule has 0 bridgehead atoms. The van der Waals surface area contributed by atoms with E-state index in [1.807, 2.05) is 48.2 Å². The Balaban J connectivity index is 0.000000212. The predicted octanol–water partition coefficient (Wildman–Crippen LogP) is 3.71. The summed E-state index contributed by atoms with van der Waals surface area (Å²) in [6, 6.07) is 11.1. The van der Waals surface area contributed by atoms with Crippen molar-refractivity contribution in [1.29, 1.82) is 0 Å². The van der Waals surface area contributed by atoms with Gasteiger partial charge in [0.25, 0.3) is 5.91 Å². The topological polar surface area (TPSA) is 96.2 Å². The fraction of sp³-hybridized carbons (Fsp3) is 0.409. The van der Waals surface area contributed by atoms with Crippen LogP contribution in [0.4, 0.5) is 0 Å². The van der Waals surface area contributed by atoms with Crippen molar-refractivity contribution in [2.45, 2.75) is 26.4 Å². The number of likely N-dealkylation sites (tertiary alicyclic amines) is 1. The smallest absolute Gasteiger partial charge is 0.253 e. The summed E-state index contributed by atoms with van der Waals surface area (Å²) in [5.41, 5.74) is 4.46. The van der Waals surface area contributed by atoms with Gasteiger partial charge in [0, 0.05) is 61.8 Å². The summed E-state index contributed by atoms with van der Waals surface area (Å²) < 4.78 is 0. The van der Waals surface area contributed by atoms with Gasteiger partial charge < -0.3 is 15.3 Å². The minimum Gasteiger partial charge on any atom is -0.662 e. The van der Waals surface area contributed by atoms with Crippen molar-refractivity contribution in [2.24, 2.45) is 5.41 Å². The van der Waals surface area contributed by atoms with Crippen LogP contribution in [-0.2, 0) is 39.3 Å². The second-order valence-electron chi connectivity index (χ2n) is 8.11. The summed E-state index contributed by atoms with van der Waals surface area (Å²) >= 11 is 5.77. The first-order valence-corrected chi connectivity index (χ1v) is 10.5. The van der Waals surface area contributed by atoms with E-state index in [9.17, 15) is 4.79 Å². The van der Waals surface area contributed by atoms with Gasteiger partial charge in [0.2, 0.25) is 0 Å². The number of hydrogen-bond acceptors (Lipinski definition) is 4. The van der Waals surface area contributed by atoms with Crippen LogP contribution in [-0.4, -0.2) is 57.5 Å². The first-order valence-electron chi connectivity index (χ1n) is 10.1. The van der Waals surface area contributed by atoms with Crippen molar-refractivity contribution < 1.29 is 42.6 Å². The van der Waals surface area contributed by atoms with Gasteiger partial charge >= 0.3 is 0 Å². The Kier molecular flexibility index (Phi) is 8.22. The Hall–Kier alpha value is -1.38. The molecule has 3 heterocycles. The fourth-order valence-electron chi connectivity index (χ4n) is 4.03. The molecular formula is C22H25ClN5O2Y-. The number of aliphatic hydroxyl groups excluding tert-OH is 1. The van der Waals surface area contributed by atoms with Crippen molar-refractivity contribution in [2.75, 3.05) is 26.2 Å². The monoisotopic (exact) mass is 515 g/mol. The zero-order valence-corrected chi connectivity index (χ0v) is 21.1. The Morgan fingerprint density at radius 3 is 2.55 bits per heavy atom. The number of nitrogens with one attached hydrogen (secondary N) is 1. The number of carbonyl (C=O) groups excluding carboxylic acids is 1. The van der Waals surface area contributed by atoms with E-state index >= 15 is 0 Å². The van der Waals surface area contributed by atoms with Gasteiger partial charge in [-0.05, 0) is 42.3 Å². The number of halogens is 1. The number of fused-ring (bicyclic) bond motifs is 1. The van der Waals surface area contributed by atoms with Crippen LogP contribution in [0.5, 0.6) is 0 Å². The Bertz CT molecular complexity index is 1040. The summed E-state index contributed by atoms with van der Waals surface area (Å²) in [4.78, 5) is 14.4. The summed E-state index contributed by atoms with van der Waals surface area (Å²) in [7, 11) is 0. The molecule has 1 amide bonds. The number of rotatable bonds is 2. The van der Waals surface area contributed by atoms with Gasteiger partial charge in [0.05, 0.1) is 6.61 Å². The molecule has 2 aliphatic rings. The standard InChI is InChI=1S/C14H16N5O.C8H9ClO.Y/c20-13(10-1-2-11-12(7-10)17-18-16-11)19-8-14(9-19)3-5-15-6-4-14;1-6-2-3-7(5-10)8(9)4-6;/h1-2,7H,3-6,8-9H2,(H,16,17,18);2-4,10H,5H2,1H3;/q-1;;. The molecule has 0 saturated carbocycles. The molecule has 3 aromatic rings. The number of aryl methyl sites for hydroxylation is 1.